The molecular weight excluding hydrogens is 208 g/mol. The molecule has 0 spiro atoms. The number of thioether (sulfide) groups is 1. The Balaban J connectivity index is 3.36. The highest BCUT2D eigenvalue weighted by Crippen LogP contribution is 2.19. The van der Waals surface area contributed by atoms with Crippen LogP contribution in [0.15, 0.2) is 0 Å². The Hall–Kier alpha value is 0.270. The second-order valence-electron chi connectivity index (χ2n) is 4.36. The number of rotatable bonds is 9. The standard InChI is InChI=1S/C12H26O2S/c1-5-6-7-14-8-12(13)9-15-11(4)10(2)3/h10-13H,5-9H2,1-4H3. The van der Waals surface area contributed by atoms with Crippen LogP contribution >= 0.6 is 11.8 Å². The predicted octanol–water partition coefficient (Wildman–Crippen LogP) is 2.94. The first kappa shape index (κ1) is 15.3. The zero-order valence-corrected chi connectivity index (χ0v) is 11.3. The molecule has 0 aromatic carbocycles. The van der Waals surface area contributed by atoms with Crippen LogP contribution in [0.3, 0.4) is 0 Å². The summed E-state index contributed by atoms with van der Waals surface area (Å²) in [7, 11) is 0. The summed E-state index contributed by atoms with van der Waals surface area (Å²) in [5.41, 5.74) is 0. The van der Waals surface area contributed by atoms with Crippen molar-refractivity contribution in [2.75, 3.05) is 19.0 Å². The SMILES string of the molecule is CCCCOCC(O)CSC(C)C(C)C. The summed E-state index contributed by atoms with van der Waals surface area (Å²) in [6.45, 7) is 10.0. The highest BCUT2D eigenvalue weighted by Gasteiger charge is 2.11. The molecule has 0 heterocycles. The molecule has 2 nitrogen and oxygen atoms in total. The Morgan fingerprint density at radius 2 is 1.93 bits per heavy atom. The van der Waals surface area contributed by atoms with Gasteiger partial charge in [-0.25, -0.2) is 0 Å². The molecule has 0 bridgehead atoms. The first-order chi connectivity index (χ1) is 7.07. The van der Waals surface area contributed by atoms with Gasteiger partial charge in [0, 0.05) is 17.6 Å². The van der Waals surface area contributed by atoms with Crippen LogP contribution in [0.25, 0.3) is 0 Å². The summed E-state index contributed by atoms with van der Waals surface area (Å²) in [6.07, 6.45) is 1.92. The van der Waals surface area contributed by atoms with Crippen LogP contribution in [0.4, 0.5) is 0 Å². The largest absolute Gasteiger partial charge is 0.390 e. The van der Waals surface area contributed by atoms with Crippen LogP contribution in [0, 0.1) is 5.92 Å². The number of aliphatic hydroxyl groups excluding tert-OH is 1. The van der Waals surface area contributed by atoms with Gasteiger partial charge in [0.1, 0.15) is 0 Å². The van der Waals surface area contributed by atoms with Gasteiger partial charge < -0.3 is 9.84 Å². The predicted molar refractivity (Wildman–Crippen MR) is 68.5 cm³/mol. The molecule has 0 saturated heterocycles. The van der Waals surface area contributed by atoms with Crippen molar-refractivity contribution < 1.29 is 9.84 Å². The molecule has 92 valence electrons. The minimum Gasteiger partial charge on any atom is -0.390 e. The molecule has 0 aliphatic heterocycles. The van der Waals surface area contributed by atoms with Crippen LogP contribution < -0.4 is 0 Å². The van der Waals surface area contributed by atoms with Gasteiger partial charge in [-0.1, -0.05) is 34.1 Å². The van der Waals surface area contributed by atoms with E-state index in [1.165, 1.54) is 0 Å². The molecule has 0 amide bonds. The van der Waals surface area contributed by atoms with Crippen LogP contribution in [0.2, 0.25) is 0 Å². The Kier molecular flexibility index (Phi) is 9.66. The third-order valence-corrected chi connectivity index (χ3v) is 4.09. The van der Waals surface area contributed by atoms with E-state index in [4.69, 9.17) is 4.74 Å². The van der Waals surface area contributed by atoms with E-state index in [1.54, 1.807) is 0 Å². The molecule has 0 aromatic rings. The molecule has 0 fully saturated rings. The number of aliphatic hydroxyl groups is 1. The van der Waals surface area contributed by atoms with Crippen LogP contribution in [-0.4, -0.2) is 35.4 Å². The van der Waals surface area contributed by atoms with Gasteiger partial charge in [0.05, 0.1) is 12.7 Å². The zero-order chi connectivity index (χ0) is 11.7. The van der Waals surface area contributed by atoms with E-state index >= 15 is 0 Å². The highest BCUT2D eigenvalue weighted by atomic mass is 32.2. The second-order valence-corrected chi connectivity index (χ2v) is 5.77. The summed E-state index contributed by atoms with van der Waals surface area (Å²) in [6, 6.07) is 0. The van der Waals surface area contributed by atoms with Gasteiger partial charge in [0.2, 0.25) is 0 Å². The third kappa shape index (κ3) is 9.21. The monoisotopic (exact) mass is 234 g/mol. The van der Waals surface area contributed by atoms with Crippen molar-refractivity contribution in [1.82, 2.24) is 0 Å². The van der Waals surface area contributed by atoms with Crippen molar-refractivity contribution in [2.24, 2.45) is 5.92 Å². The molecule has 0 radical (unpaired) electrons. The second kappa shape index (κ2) is 9.49. The van der Waals surface area contributed by atoms with E-state index in [-0.39, 0.29) is 6.10 Å². The van der Waals surface area contributed by atoms with E-state index in [0.717, 1.165) is 25.2 Å². The molecule has 15 heavy (non-hydrogen) atoms. The minimum atomic E-state index is -0.312. The fourth-order valence-corrected chi connectivity index (χ4v) is 1.98. The summed E-state index contributed by atoms with van der Waals surface area (Å²) >= 11 is 1.83. The Bertz CT molecular complexity index is 140. The van der Waals surface area contributed by atoms with Crippen molar-refractivity contribution in [2.45, 2.75) is 51.9 Å². The van der Waals surface area contributed by atoms with E-state index in [1.807, 2.05) is 11.8 Å². The Labute approximate surface area is 98.8 Å². The van der Waals surface area contributed by atoms with Gasteiger partial charge in [0.25, 0.3) is 0 Å². The van der Waals surface area contributed by atoms with Gasteiger partial charge in [-0.2, -0.15) is 11.8 Å². The maximum Gasteiger partial charge on any atom is 0.0863 e. The van der Waals surface area contributed by atoms with E-state index < -0.39 is 0 Å². The molecule has 3 heteroatoms. The summed E-state index contributed by atoms with van der Waals surface area (Å²) in [5.74, 6) is 1.45. The summed E-state index contributed by atoms with van der Waals surface area (Å²) in [4.78, 5) is 0. The van der Waals surface area contributed by atoms with Crippen molar-refractivity contribution in [3.05, 3.63) is 0 Å². The number of unbranched alkanes of at least 4 members (excludes halogenated alkanes) is 1. The van der Waals surface area contributed by atoms with Gasteiger partial charge in [0.15, 0.2) is 0 Å². The average Bonchev–Trinajstić information content (AvgIpc) is 2.20. The lowest BCUT2D eigenvalue weighted by Gasteiger charge is -2.17. The molecule has 0 rings (SSSR count). The normalized spacial score (nSPS) is 15.6. The van der Waals surface area contributed by atoms with Crippen LogP contribution in [0.5, 0.6) is 0 Å². The molecule has 0 saturated carbocycles. The molecule has 0 aromatic heterocycles. The van der Waals surface area contributed by atoms with E-state index in [2.05, 4.69) is 27.7 Å². The fourth-order valence-electron chi connectivity index (χ4n) is 0.969. The first-order valence-electron chi connectivity index (χ1n) is 5.95. The maximum atomic E-state index is 9.63. The minimum absolute atomic E-state index is 0.312. The zero-order valence-electron chi connectivity index (χ0n) is 10.5. The maximum absolute atomic E-state index is 9.63. The Morgan fingerprint density at radius 1 is 1.27 bits per heavy atom. The quantitative estimate of drug-likeness (QED) is 0.622. The van der Waals surface area contributed by atoms with Gasteiger partial charge in [-0.15, -0.1) is 0 Å². The molecule has 0 aliphatic carbocycles. The lowest BCUT2D eigenvalue weighted by atomic mass is 10.2. The van der Waals surface area contributed by atoms with Gasteiger partial charge >= 0.3 is 0 Å². The molecule has 2 unspecified atom stereocenters. The Morgan fingerprint density at radius 3 is 2.47 bits per heavy atom. The van der Waals surface area contributed by atoms with Crippen LogP contribution in [-0.2, 0) is 4.74 Å². The smallest absolute Gasteiger partial charge is 0.0863 e. The third-order valence-electron chi connectivity index (χ3n) is 2.44. The van der Waals surface area contributed by atoms with E-state index in [9.17, 15) is 5.11 Å². The summed E-state index contributed by atoms with van der Waals surface area (Å²) in [5, 5.41) is 10.2. The number of ether oxygens (including phenoxy) is 1. The van der Waals surface area contributed by atoms with Gasteiger partial charge in [-0.3, -0.25) is 0 Å². The molecule has 2 atom stereocenters. The highest BCUT2D eigenvalue weighted by molar-refractivity contribution is 7.99. The lowest BCUT2D eigenvalue weighted by molar-refractivity contribution is 0.0473. The van der Waals surface area contributed by atoms with Crippen molar-refractivity contribution in [3.8, 4) is 0 Å². The number of hydrogen-bond donors (Lipinski definition) is 1. The summed E-state index contributed by atoms with van der Waals surface area (Å²) < 4.78 is 5.37. The molecule has 1 N–H and O–H groups in total. The average molecular weight is 234 g/mol. The van der Waals surface area contributed by atoms with Crippen molar-refractivity contribution >= 4 is 11.8 Å². The van der Waals surface area contributed by atoms with Crippen molar-refractivity contribution in [1.29, 1.82) is 0 Å². The van der Waals surface area contributed by atoms with E-state index in [0.29, 0.717) is 17.8 Å². The van der Waals surface area contributed by atoms with Crippen LogP contribution in [0.1, 0.15) is 40.5 Å². The van der Waals surface area contributed by atoms with Gasteiger partial charge in [-0.05, 0) is 12.3 Å². The molecular formula is C12H26O2S. The number of hydrogen-bond acceptors (Lipinski definition) is 3. The van der Waals surface area contributed by atoms with Crippen molar-refractivity contribution in [3.63, 3.8) is 0 Å². The first-order valence-corrected chi connectivity index (χ1v) is 7.00. The topological polar surface area (TPSA) is 29.5 Å². The molecule has 0 aliphatic rings. The lowest BCUT2D eigenvalue weighted by Crippen LogP contribution is -2.20. The fraction of sp³-hybridized carbons (Fsp3) is 1.00.